The third-order valence-electron chi connectivity index (χ3n) is 4.14. The van der Waals surface area contributed by atoms with Gasteiger partial charge in [-0.2, -0.15) is 0 Å². The van der Waals surface area contributed by atoms with Gasteiger partial charge in [-0.15, -0.1) is 0 Å². The summed E-state index contributed by atoms with van der Waals surface area (Å²) in [6.07, 6.45) is 0.260. The highest BCUT2D eigenvalue weighted by atomic mass is 16.7. The van der Waals surface area contributed by atoms with Crippen molar-refractivity contribution < 1.29 is 24.4 Å². The Balaban J connectivity index is 1.67. The van der Waals surface area contributed by atoms with Crippen LogP contribution in [0.2, 0.25) is 0 Å². The summed E-state index contributed by atoms with van der Waals surface area (Å²) < 4.78 is 17.7. The van der Waals surface area contributed by atoms with Crippen LogP contribution in [0.15, 0.2) is 30.3 Å². The van der Waals surface area contributed by atoms with Gasteiger partial charge in [0, 0.05) is 12.2 Å². The number of ether oxygens (including phenoxy) is 3. The maximum atomic E-state index is 10.1. The zero-order valence-electron chi connectivity index (χ0n) is 11.9. The van der Waals surface area contributed by atoms with E-state index in [9.17, 15) is 5.11 Å². The van der Waals surface area contributed by atoms with E-state index in [-0.39, 0.29) is 31.2 Å². The molecule has 0 amide bonds. The quantitative estimate of drug-likeness (QED) is 0.882. The van der Waals surface area contributed by atoms with E-state index in [1.165, 1.54) is 0 Å². The molecule has 2 saturated heterocycles. The Kier molecular flexibility index (Phi) is 4.87. The van der Waals surface area contributed by atoms with E-state index in [1.807, 2.05) is 30.3 Å². The molecule has 0 unspecified atom stereocenters. The number of benzene rings is 1. The number of aliphatic hydroxyl groups is 2. The molecule has 5 atom stereocenters. The van der Waals surface area contributed by atoms with Crippen molar-refractivity contribution in [3.05, 3.63) is 35.9 Å². The van der Waals surface area contributed by atoms with Crippen LogP contribution in [0.4, 0.5) is 0 Å². The van der Waals surface area contributed by atoms with Gasteiger partial charge in [0.15, 0.2) is 6.29 Å². The Morgan fingerprint density at radius 2 is 1.86 bits per heavy atom. The van der Waals surface area contributed by atoms with Crippen molar-refractivity contribution in [1.29, 1.82) is 0 Å². The van der Waals surface area contributed by atoms with E-state index in [0.717, 1.165) is 12.0 Å². The predicted octanol–water partition coefficient (Wildman–Crippen LogP) is 1.39. The van der Waals surface area contributed by atoms with Crippen molar-refractivity contribution >= 4 is 0 Å². The van der Waals surface area contributed by atoms with Crippen LogP contribution in [0, 0.1) is 0 Å². The van der Waals surface area contributed by atoms with Crippen molar-refractivity contribution in [2.45, 2.75) is 50.0 Å². The Morgan fingerprint density at radius 1 is 1.05 bits per heavy atom. The summed E-state index contributed by atoms with van der Waals surface area (Å²) in [5.74, 6) is 0. The Morgan fingerprint density at radius 3 is 2.62 bits per heavy atom. The largest absolute Gasteiger partial charge is 0.396 e. The molecule has 1 aromatic rings. The second-order valence-electron chi connectivity index (χ2n) is 5.62. The fourth-order valence-electron chi connectivity index (χ4n) is 2.96. The van der Waals surface area contributed by atoms with Gasteiger partial charge in [0.2, 0.25) is 0 Å². The Hall–Kier alpha value is -0.980. The van der Waals surface area contributed by atoms with Crippen molar-refractivity contribution in [3.63, 3.8) is 0 Å². The number of hydrogen-bond donors (Lipinski definition) is 2. The molecule has 0 aliphatic carbocycles. The summed E-state index contributed by atoms with van der Waals surface area (Å²) in [5, 5.41) is 19.1. The zero-order chi connectivity index (χ0) is 14.7. The molecular weight excluding hydrogens is 272 g/mol. The first-order chi connectivity index (χ1) is 10.3. The standard InChI is InChI=1S/C16H22O5/c17-9-8-13-12(18)6-7-14-15(20-13)10-19-16(21-14)11-4-2-1-3-5-11/h1-5,12-18H,6-10H2/t12-,13+,14+,15-,16-/m1/s1. The summed E-state index contributed by atoms with van der Waals surface area (Å²) >= 11 is 0. The molecule has 116 valence electrons. The molecule has 0 aromatic heterocycles. The number of hydrogen-bond acceptors (Lipinski definition) is 5. The van der Waals surface area contributed by atoms with Crippen LogP contribution >= 0.6 is 0 Å². The topological polar surface area (TPSA) is 68.2 Å². The minimum absolute atomic E-state index is 0.00741. The molecule has 2 aliphatic rings. The highest BCUT2D eigenvalue weighted by Crippen LogP contribution is 2.33. The van der Waals surface area contributed by atoms with E-state index in [0.29, 0.717) is 19.4 Å². The molecule has 3 rings (SSSR count). The molecule has 0 saturated carbocycles. The van der Waals surface area contributed by atoms with Crippen molar-refractivity contribution in [2.24, 2.45) is 0 Å². The number of rotatable bonds is 3. The molecule has 1 aromatic carbocycles. The van der Waals surface area contributed by atoms with Gasteiger partial charge >= 0.3 is 0 Å². The predicted molar refractivity (Wildman–Crippen MR) is 75.6 cm³/mol. The fraction of sp³-hybridized carbons (Fsp3) is 0.625. The maximum absolute atomic E-state index is 10.1. The van der Waals surface area contributed by atoms with Crippen LogP contribution in [-0.2, 0) is 14.2 Å². The summed E-state index contributed by atoms with van der Waals surface area (Å²) in [5.41, 5.74) is 0.993. The molecule has 2 aliphatic heterocycles. The molecule has 0 spiro atoms. The first-order valence-electron chi connectivity index (χ1n) is 7.54. The Bertz CT molecular complexity index is 438. The van der Waals surface area contributed by atoms with Gasteiger partial charge in [-0.1, -0.05) is 30.3 Å². The van der Waals surface area contributed by atoms with Crippen LogP contribution in [0.5, 0.6) is 0 Å². The van der Waals surface area contributed by atoms with Gasteiger partial charge in [-0.3, -0.25) is 0 Å². The highest BCUT2D eigenvalue weighted by Gasteiger charge is 2.39. The zero-order valence-corrected chi connectivity index (χ0v) is 11.9. The molecule has 0 bridgehead atoms. The molecule has 21 heavy (non-hydrogen) atoms. The number of fused-ring (bicyclic) bond motifs is 1. The third kappa shape index (κ3) is 3.44. The smallest absolute Gasteiger partial charge is 0.184 e. The van der Waals surface area contributed by atoms with Gasteiger partial charge in [-0.05, 0) is 19.3 Å². The van der Waals surface area contributed by atoms with E-state index < -0.39 is 6.10 Å². The average Bonchev–Trinajstić information content (AvgIpc) is 2.68. The maximum Gasteiger partial charge on any atom is 0.184 e. The first kappa shape index (κ1) is 14.9. The monoisotopic (exact) mass is 294 g/mol. The molecule has 2 N–H and O–H groups in total. The van der Waals surface area contributed by atoms with E-state index in [4.69, 9.17) is 19.3 Å². The van der Waals surface area contributed by atoms with Crippen molar-refractivity contribution in [2.75, 3.05) is 13.2 Å². The van der Waals surface area contributed by atoms with Crippen LogP contribution < -0.4 is 0 Å². The second kappa shape index (κ2) is 6.85. The van der Waals surface area contributed by atoms with Crippen LogP contribution in [0.3, 0.4) is 0 Å². The second-order valence-corrected chi connectivity index (χ2v) is 5.62. The molecule has 2 heterocycles. The lowest BCUT2D eigenvalue weighted by Gasteiger charge is -2.36. The fourth-order valence-corrected chi connectivity index (χ4v) is 2.96. The lowest BCUT2D eigenvalue weighted by Crippen LogP contribution is -2.43. The van der Waals surface area contributed by atoms with E-state index in [2.05, 4.69) is 0 Å². The third-order valence-corrected chi connectivity index (χ3v) is 4.14. The van der Waals surface area contributed by atoms with Gasteiger partial charge in [-0.25, -0.2) is 0 Å². The highest BCUT2D eigenvalue weighted by molar-refractivity contribution is 5.16. The molecule has 5 heteroatoms. The van der Waals surface area contributed by atoms with Crippen molar-refractivity contribution in [1.82, 2.24) is 0 Å². The van der Waals surface area contributed by atoms with Crippen LogP contribution in [0.1, 0.15) is 31.1 Å². The van der Waals surface area contributed by atoms with Gasteiger partial charge in [0.05, 0.1) is 24.9 Å². The molecular formula is C16H22O5. The molecule has 0 radical (unpaired) electrons. The lowest BCUT2D eigenvalue weighted by atomic mass is 10.0. The molecule has 5 nitrogen and oxygen atoms in total. The van der Waals surface area contributed by atoms with Crippen molar-refractivity contribution in [3.8, 4) is 0 Å². The summed E-state index contributed by atoms with van der Waals surface area (Å²) in [4.78, 5) is 0. The minimum Gasteiger partial charge on any atom is -0.396 e. The van der Waals surface area contributed by atoms with E-state index in [1.54, 1.807) is 0 Å². The minimum atomic E-state index is -0.554. The molecule has 2 fully saturated rings. The summed E-state index contributed by atoms with van der Waals surface area (Å²) in [6.45, 7) is 0.451. The van der Waals surface area contributed by atoms with Crippen LogP contribution in [0.25, 0.3) is 0 Å². The lowest BCUT2D eigenvalue weighted by molar-refractivity contribution is -0.271. The first-order valence-corrected chi connectivity index (χ1v) is 7.54. The average molecular weight is 294 g/mol. The normalized spacial score (nSPS) is 36.8. The number of aliphatic hydroxyl groups excluding tert-OH is 2. The SMILES string of the molecule is OCC[C@@H]1O[C@@H]2CO[C@@H](c3ccccc3)O[C@H]2CC[C@H]1O. The van der Waals surface area contributed by atoms with Gasteiger partial charge in [0.25, 0.3) is 0 Å². The van der Waals surface area contributed by atoms with Gasteiger partial charge < -0.3 is 24.4 Å². The van der Waals surface area contributed by atoms with E-state index >= 15 is 0 Å². The summed E-state index contributed by atoms with van der Waals surface area (Å²) in [6, 6.07) is 9.83. The summed E-state index contributed by atoms with van der Waals surface area (Å²) in [7, 11) is 0. The Labute approximate surface area is 124 Å². The van der Waals surface area contributed by atoms with Crippen LogP contribution in [-0.4, -0.2) is 47.8 Å². The van der Waals surface area contributed by atoms with Gasteiger partial charge in [0.1, 0.15) is 6.10 Å².